The Morgan fingerprint density at radius 2 is 0.812 bits per heavy atom. The van der Waals surface area contributed by atoms with Crippen molar-refractivity contribution in [1.82, 2.24) is 55.6 Å². The van der Waals surface area contributed by atoms with E-state index in [9.17, 15) is 48.3 Å². The van der Waals surface area contributed by atoms with Gasteiger partial charge in [0.15, 0.2) is 0 Å². The highest BCUT2D eigenvalue weighted by molar-refractivity contribution is 5.99. The number of carbonyl (C=O) groups is 11. The fourth-order valence-corrected chi connectivity index (χ4v) is 10.6. The van der Waals surface area contributed by atoms with E-state index in [0.717, 1.165) is 9.80 Å². The van der Waals surface area contributed by atoms with Crippen LogP contribution < -0.4 is 21.3 Å². The largest absolute Gasteiger partial charge is 0.390 e. The number of rotatable bonds is 15. The number of allylic oxidation sites excluding steroid dienone is 1. The molecule has 0 aromatic heterocycles. The van der Waals surface area contributed by atoms with Crippen LogP contribution in [0.1, 0.15) is 156 Å². The Morgan fingerprint density at radius 3 is 1.21 bits per heavy atom. The van der Waals surface area contributed by atoms with Crippen molar-refractivity contribution in [2.24, 2.45) is 41.4 Å². The molecule has 5 N–H and O–H groups in total. The van der Waals surface area contributed by atoms with Gasteiger partial charge in [0.2, 0.25) is 65.0 Å². The highest BCUT2D eigenvalue weighted by Crippen LogP contribution is 2.25. The van der Waals surface area contributed by atoms with Gasteiger partial charge in [0, 0.05) is 55.3 Å². The molecule has 1 unspecified atom stereocenters. The second-order valence-corrected chi connectivity index (χ2v) is 26.2. The SMILES string of the molecule is C/C=C\[C@@H](C)C(O)[C@H]1C(=O)N[C@@H](CC)C(=O)N(C)CC(=O)N(C)[C@@H](CC(C)C)C(=O)N[C@@H](C(C)C)C(=O)N(C)[C@H](CC(C)C)C(=O)N[C@H](C)C(=O)N[C@H](C)C(=O)N(C)[C@@H](CC(C)C)C(=O)N(C)[C@@H](CC(C)C)C(=O)N(C)[C@@H](CC(C)C)C(=O)N1C. The first-order valence-electron chi connectivity index (χ1n) is 30.6. The second kappa shape index (κ2) is 34.9. The normalized spacial score (nSPS) is 26.9. The smallest absolute Gasteiger partial charge is 0.246 e. The summed E-state index contributed by atoms with van der Waals surface area (Å²) in [6.45, 7) is 29.5. The molecule has 0 aliphatic carbocycles. The lowest BCUT2D eigenvalue weighted by atomic mass is 9.93. The van der Waals surface area contributed by atoms with Crippen LogP contribution >= 0.6 is 0 Å². The highest BCUT2D eigenvalue weighted by Gasteiger charge is 2.45. The molecule has 1 aliphatic rings. The van der Waals surface area contributed by atoms with Crippen molar-refractivity contribution in [2.75, 3.05) is 55.9 Å². The van der Waals surface area contributed by atoms with Gasteiger partial charge in [-0.15, -0.1) is 0 Å². The third-order valence-corrected chi connectivity index (χ3v) is 15.9. The van der Waals surface area contributed by atoms with Gasteiger partial charge in [-0.2, -0.15) is 0 Å². The summed E-state index contributed by atoms with van der Waals surface area (Å²) in [6.07, 6.45) is 2.55. The molecule has 0 bridgehead atoms. The molecule has 0 spiro atoms. The molecule has 0 radical (unpaired) electrons. The lowest BCUT2D eigenvalue weighted by molar-refractivity contribution is -0.156. The maximum absolute atomic E-state index is 15.2. The standard InChI is InChI=1S/C62H111N11O12/c1-25-27-40(15)52(75)51-56(79)65-43(26-2)58(81)67(18)33-49(74)68(19)44(28-34(3)4)55(78)66-50(39(13)14)62(85)69(20)45(29-35(5)6)54(77)63-41(16)53(76)64-42(17)57(80)70(21)46(30-36(7)8)59(82)71(22)47(31-37(9)10)60(83)72(23)48(32-38(11)12)61(84)73(51)24/h25,27,34-48,50-52,75H,26,28-33H2,1-24H3,(H,63,77)(H,64,76)(H,65,79)(H,66,78)/b27-25-/t40-,41-,42-,43+,44+,45-,46+,47+,48+,50+,51+,52?/m1/s1. The Kier molecular flexibility index (Phi) is 31.5. The molecule has 0 aromatic rings. The summed E-state index contributed by atoms with van der Waals surface area (Å²) in [5.41, 5.74) is 0. The minimum absolute atomic E-state index is 0.0205. The van der Waals surface area contributed by atoms with Crippen LogP contribution in [-0.4, -0.2) is 227 Å². The molecule has 0 aromatic carbocycles. The number of likely N-dealkylation sites (N-methyl/N-ethyl adjacent to an activating group) is 7. The van der Waals surface area contributed by atoms with Gasteiger partial charge >= 0.3 is 0 Å². The van der Waals surface area contributed by atoms with E-state index in [1.165, 1.54) is 87.7 Å². The predicted octanol–water partition coefficient (Wildman–Crippen LogP) is 3.27. The van der Waals surface area contributed by atoms with Crippen LogP contribution in [0.2, 0.25) is 0 Å². The van der Waals surface area contributed by atoms with Crippen molar-refractivity contribution in [3.05, 3.63) is 12.2 Å². The number of hydrogen-bond acceptors (Lipinski definition) is 12. The van der Waals surface area contributed by atoms with E-state index in [1.54, 1.807) is 46.8 Å². The molecular weight excluding hydrogens is 1090 g/mol. The van der Waals surface area contributed by atoms with E-state index in [0.29, 0.717) is 0 Å². The molecule has 1 rings (SSSR count). The summed E-state index contributed by atoms with van der Waals surface area (Å²) in [6, 6.07) is -12.3. The van der Waals surface area contributed by atoms with Crippen molar-refractivity contribution in [3.63, 3.8) is 0 Å². The summed E-state index contributed by atoms with van der Waals surface area (Å²) in [5, 5.41) is 23.0. The minimum atomic E-state index is -1.62. The average Bonchev–Trinajstić information content (AvgIpc) is 3.55. The summed E-state index contributed by atoms with van der Waals surface area (Å²) in [5.74, 6) is -9.41. The first-order valence-corrected chi connectivity index (χ1v) is 30.6. The second-order valence-electron chi connectivity index (χ2n) is 26.2. The fraction of sp³-hybridized carbons (Fsp3) is 0.790. The first kappa shape index (κ1) is 76.9. The summed E-state index contributed by atoms with van der Waals surface area (Å²) >= 11 is 0. The number of nitrogens with zero attached hydrogens (tertiary/aromatic N) is 7. The first-order chi connectivity index (χ1) is 39.2. The van der Waals surface area contributed by atoms with Gasteiger partial charge in [-0.1, -0.05) is 109 Å². The van der Waals surface area contributed by atoms with Crippen LogP contribution in [0.25, 0.3) is 0 Å². The topological polar surface area (TPSA) is 279 Å². The lowest BCUT2D eigenvalue weighted by Crippen LogP contribution is -2.63. The molecule has 1 aliphatic heterocycles. The van der Waals surface area contributed by atoms with Crippen LogP contribution in [0, 0.1) is 41.4 Å². The summed E-state index contributed by atoms with van der Waals surface area (Å²) < 4.78 is 0. The average molecular weight is 1200 g/mol. The fourth-order valence-electron chi connectivity index (χ4n) is 10.6. The van der Waals surface area contributed by atoms with Gasteiger partial charge in [0.1, 0.15) is 60.4 Å². The molecule has 11 amide bonds. The third-order valence-electron chi connectivity index (χ3n) is 15.9. The third kappa shape index (κ3) is 22.0. The number of aliphatic hydroxyl groups excluding tert-OH is 1. The molecule has 1 fully saturated rings. The van der Waals surface area contributed by atoms with Crippen LogP contribution in [-0.2, 0) is 52.7 Å². The van der Waals surface area contributed by atoms with Gasteiger partial charge < -0.3 is 60.7 Å². The predicted molar refractivity (Wildman–Crippen MR) is 328 cm³/mol. The van der Waals surface area contributed by atoms with Gasteiger partial charge in [0.05, 0.1) is 12.6 Å². The van der Waals surface area contributed by atoms with Crippen LogP contribution in [0.5, 0.6) is 0 Å². The van der Waals surface area contributed by atoms with Crippen molar-refractivity contribution < 1.29 is 57.8 Å². The van der Waals surface area contributed by atoms with E-state index in [2.05, 4.69) is 21.3 Å². The Balaban J connectivity index is 4.33. The zero-order valence-corrected chi connectivity index (χ0v) is 56.1. The molecule has 1 saturated heterocycles. The number of carbonyl (C=O) groups excluding carboxylic acids is 11. The van der Waals surface area contributed by atoms with E-state index >= 15 is 9.59 Å². The van der Waals surface area contributed by atoms with E-state index < -0.39 is 150 Å². The van der Waals surface area contributed by atoms with Crippen LogP contribution in [0.3, 0.4) is 0 Å². The minimum Gasteiger partial charge on any atom is -0.390 e. The number of nitrogens with one attached hydrogen (secondary N) is 4. The lowest BCUT2D eigenvalue weighted by Gasteiger charge is -2.41. The molecule has 1 heterocycles. The molecule has 85 heavy (non-hydrogen) atoms. The van der Waals surface area contributed by atoms with E-state index in [-0.39, 0.29) is 68.1 Å². The number of amides is 11. The van der Waals surface area contributed by atoms with E-state index in [4.69, 9.17) is 0 Å². The highest BCUT2D eigenvalue weighted by atomic mass is 16.3. The van der Waals surface area contributed by atoms with Crippen LogP contribution in [0.15, 0.2) is 12.2 Å². The maximum atomic E-state index is 15.2. The summed E-state index contributed by atoms with van der Waals surface area (Å²) in [7, 11) is 9.93. The van der Waals surface area contributed by atoms with Gasteiger partial charge in [0.25, 0.3) is 0 Å². The van der Waals surface area contributed by atoms with Crippen molar-refractivity contribution >= 4 is 65.0 Å². The molecule has 12 atom stereocenters. The number of hydrogen-bond donors (Lipinski definition) is 5. The Bertz CT molecular complexity index is 2330. The monoisotopic (exact) mass is 1200 g/mol. The number of aliphatic hydroxyl groups is 1. The Morgan fingerprint density at radius 1 is 0.447 bits per heavy atom. The van der Waals surface area contributed by atoms with Crippen molar-refractivity contribution in [3.8, 4) is 0 Å². The zero-order chi connectivity index (χ0) is 66.0. The Labute approximate surface area is 508 Å². The zero-order valence-electron chi connectivity index (χ0n) is 56.1. The van der Waals surface area contributed by atoms with Crippen molar-refractivity contribution in [2.45, 2.75) is 223 Å². The molecule has 23 nitrogen and oxygen atoms in total. The van der Waals surface area contributed by atoms with E-state index in [1.807, 2.05) is 69.2 Å². The quantitative estimate of drug-likeness (QED) is 0.148. The molecule has 0 saturated carbocycles. The molecule has 23 heteroatoms. The van der Waals surface area contributed by atoms with Gasteiger partial charge in [-0.05, 0) is 94.8 Å². The summed E-state index contributed by atoms with van der Waals surface area (Å²) in [4.78, 5) is 169. The maximum Gasteiger partial charge on any atom is 0.246 e. The molecular formula is C62H111N11O12. The Hall–Kier alpha value is -6.13. The van der Waals surface area contributed by atoms with Gasteiger partial charge in [-0.25, -0.2) is 0 Å². The molecule has 486 valence electrons. The van der Waals surface area contributed by atoms with Gasteiger partial charge in [-0.3, -0.25) is 52.7 Å². The van der Waals surface area contributed by atoms with Crippen LogP contribution in [0.4, 0.5) is 0 Å². The van der Waals surface area contributed by atoms with Crippen molar-refractivity contribution in [1.29, 1.82) is 0 Å².